The molecule has 0 aromatic heterocycles. The molecule has 1 heterocycles. The second-order valence-corrected chi connectivity index (χ2v) is 12.9. The lowest BCUT2D eigenvalue weighted by molar-refractivity contribution is -0.112. The third kappa shape index (κ3) is 7.64. The monoisotopic (exact) mass is 584 g/mol. The van der Waals surface area contributed by atoms with Gasteiger partial charge in [-0.1, -0.05) is 129 Å². The quantitative estimate of drug-likeness (QED) is 0.175. The molecule has 4 aromatic carbocycles. The zero-order valence-corrected chi connectivity index (χ0v) is 25.9. The number of rotatable bonds is 11. The number of hydrogen-bond donors (Lipinski definition) is 0. The lowest BCUT2D eigenvalue weighted by Crippen LogP contribution is -2.48. The van der Waals surface area contributed by atoms with Gasteiger partial charge in [-0.05, 0) is 64.6 Å². The van der Waals surface area contributed by atoms with Crippen molar-refractivity contribution in [1.29, 1.82) is 0 Å². The maximum atomic E-state index is 6.84. The van der Waals surface area contributed by atoms with Crippen LogP contribution in [0.25, 0.3) is 0 Å². The van der Waals surface area contributed by atoms with Gasteiger partial charge in [0.15, 0.2) is 0 Å². The molecule has 0 amide bonds. The molecule has 1 fully saturated rings. The molecule has 5 rings (SSSR count). The summed E-state index contributed by atoms with van der Waals surface area (Å²) in [6, 6.07) is 36.4. The van der Waals surface area contributed by atoms with Gasteiger partial charge in [0.1, 0.15) is 6.10 Å². The van der Waals surface area contributed by atoms with Crippen LogP contribution in [0.5, 0.6) is 0 Å². The predicted molar refractivity (Wildman–Crippen MR) is 174 cm³/mol. The van der Waals surface area contributed by atoms with Gasteiger partial charge >= 0.3 is 0 Å². The third-order valence-electron chi connectivity index (χ3n) is 8.25. The topological polar surface area (TPSA) is 18.5 Å². The van der Waals surface area contributed by atoms with Crippen LogP contribution in [0.1, 0.15) is 65.8 Å². The van der Waals surface area contributed by atoms with Crippen molar-refractivity contribution in [2.75, 3.05) is 0 Å². The Morgan fingerprint density at radius 1 is 0.683 bits per heavy atom. The first-order valence-corrected chi connectivity index (χ1v) is 16.2. The Labute approximate surface area is 255 Å². The fourth-order valence-electron chi connectivity index (χ4n) is 5.79. The van der Waals surface area contributed by atoms with Crippen LogP contribution < -0.4 is 0 Å². The second kappa shape index (κ2) is 14.6. The zero-order chi connectivity index (χ0) is 28.6. The average molecular weight is 585 g/mol. The van der Waals surface area contributed by atoms with Crippen LogP contribution in [-0.2, 0) is 35.5 Å². The van der Waals surface area contributed by atoms with Gasteiger partial charge in [0.05, 0.1) is 24.6 Å². The van der Waals surface area contributed by atoms with Crippen LogP contribution in [0.4, 0.5) is 0 Å². The molecule has 1 saturated heterocycles. The van der Waals surface area contributed by atoms with E-state index >= 15 is 0 Å². The normalized spacial score (nSPS) is 22.5. The fraction of sp³-hybridized carbons (Fsp3) is 0.351. The van der Waals surface area contributed by atoms with Crippen LogP contribution in [0, 0.1) is 5.92 Å². The van der Waals surface area contributed by atoms with Crippen LogP contribution in [0.2, 0.25) is 5.02 Å². The highest BCUT2D eigenvalue weighted by Gasteiger charge is 2.45. The van der Waals surface area contributed by atoms with Gasteiger partial charge in [-0.3, -0.25) is 0 Å². The molecule has 0 radical (unpaired) electrons. The molecule has 4 aromatic rings. The third-order valence-corrected chi connectivity index (χ3v) is 10.6. The Morgan fingerprint density at radius 3 is 1.85 bits per heavy atom. The molecule has 0 N–H and O–H groups in total. The van der Waals surface area contributed by atoms with Gasteiger partial charge < -0.3 is 9.47 Å². The summed E-state index contributed by atoms with van der Waals surface area (Å²) < 4.78 is 13.6. The van der Waals surface area contributed by atoms with E-state index in [-0.39, 0.29) is 17.5 Å². The van der Waals surface area contributed by atoms with E-state index < -0.39 is 0 Å². The second-order valence-electron chi connectivity index (χ2n) is 11.1. The van der Waals surface area contributed by atoms with Gasteiger partial charge in [-0.25, -0.2) is 0 Å². The highest BCUT2D eigenvalue weighted by Crippen LogP contribution is 2.49. The summed E-state index contributed by atoms with van der Waals surface area (Å²) in [5.41, 5.74) is 7.41. The Hall–Kier alpha value is -2.56. The molecule has 1 aliphatic rings. The summed E-state index contributed by atoms with van der Waals surface area (Å²) in [5, 5.41) is 1.42. The molecule has 4 heteroatoms. The minimum atomic E-state index is -0.0976. The van der Waals surface area contributed by atoms with E-state index in [2.05, 4.69) is 118 Å². The van der Waals surface area contributed by atoms with Crippen molar-refractivity contribution < 1.29 is 9.47 Å². The van der Waals surface area contributed by atoms with E-state index in [4.69, 9.17) is 21.1 Å². The smallest absolute Gasteiger partial charge is 0.100 e. The first-order chi connectivity index (χ1) is 20.1. The van der Waals surface area contributed by atoms with Crippen molar-refractivity contribution in [1.82, 2.24) is 0 Å². The summed E-state index contributed by atoms with van der Waals surface area (Å²) in [7, 11) is 0. The van der Waals surface area contributed by atoms with Crippen LogP contribution >= 0.6 is 23.4 Å². The molecule has 214 valence electrons. The molecule has 41 heavy (non-hydrogen) atoms. The highest BCUT2D eigenvalue weighted by atomic mass is 35.5. The molecule has 0 spiro atoms. The first kappa shape index (κ1) is 29.9. The van der Waals surface area contributed by atoms with Gasteiger partial charge in [0.25, 0.3) is 0 Å². The van der Waals surface area contributed by atoms with Gasteiger partial charge in [0, 0.05) is 10.3 Å². The molecular formula is C37H41ClO2S. The standard InChI is InChI=1S/C37H41ClO2S/c1-4-27-16-18-28(19-17-27)22-32-23-31(20-21-33(32)38)37-36(40-25-30-14-10-7-11-15-30)35(26(3)34(5-2)41-37)39-24-29-12-8-6-9-13-29/h6-21,23,26,34-37H,4-5,22,24-25H2,1-3H3/t26-,34-,35+,36-,37+/m1/s1. The van der Waals surface area contributed by atoms with Crippen molar-refractivity contribution >= 4 is 23.4 Å². The molecule has 1 aliphatic heterocycles. The molecule has 5 atom stereocenters. The van der Waals surface area contributed by atoms with Crippen LogP contribution in [-0.4, -0.2) is 17.5 Å². The average Bonchev–Trinajstić information content (AvgIpc) is 3.02. The SMILES string of the molecule is CCc1ccc(Cc2cc([C@@H]3S[C@H](CC)[C@@H](C)[C@H](OCc4ccccc4)[C@H]3OCc3ccccc3)ccc2Cl)cc1. The Balaban J connectivity index is 1.45. The van der Waals surface area contributed by atoms with Crippen LogP contribution in [0.15, 0.2) is 103 Å². The number of benzene rings is 4. The van der Waals surface area contributed by atoms with Crippen molar-refractivity contribution in [3.8, 4) is 0 Å². The molecule has 0 unspecified atom stereocenters. The lowest BCUT2D eigenvalue weighted by Gasteiger charge is -2.45. The van der Waals surface area contributed by atoms with Crippen molar-refractivity contribution in [3.05, 3.63) is 142 Å². The predicted octanol–water partition coefficient (Wildman–Crippen LogP) is 9.87. The minimum Gasteiger partial charge on any atom is -0.370 e. The summed E-state index contributed by atoms with van der Waals surface area (Å²) in [5.74, 6) is 0.356. The summed E-state index contributed by atoms with van der Waals surface area (Å²) in [6.07, 6.45) is 2.81. The molecule has 2 nitrogen and oxygen atoms in total. The number of halogens is 1. The maximum Gasteiger partial charge on any atom is 0.100 e. The minimum absolute atomic E-state index is 0.0316. The molecule has 0 saturated carbocycles. The van der Waals surface area contributed by atoms with E-state index in [1.54, 1.807) is 0 Å². The summed E-state index contributed by atoms with van der Waals surface area (Å²) >= 11 is 8.82. The number of thioether (sulfide) groups is 1. The Morgan fingerprint density at radius 2 is 1.27 bits per heavy atom. The van der Waals surface area contributed by atoms with E-state index in [0.717, 1.165) is 29.8 Å². The maximum absolute atomic E-state index is 6.84. The number of ether oxygens (including phenoxy) is 2. The van der Waals surface area contributed by atoms with Gasteiger partial charge in [-0.2, -0.15) is 0 Å². The number of aryl methyl sites for hydroxylation is 1. The van der Waals surface area contributed by atoms with Gasteiger partial charge in [-0.15, -0.1) is 11.8 Å². The Bertz CT molecular complexity index is 1360. The first-order valence-electron chi connectivity index (χ1n) is 14.9. The van der Waals surface area contributed by atoms with E-state index in [1.807, 2.05) is 17.8 Å². The zero-order valence-electron chi connectivity index (χ0n) is 24.3. The lowest BCUT2D eigenvalue weighted by atomic mass is 9.89. The van der Waals surface area contributed by atoms with E-state index in [1.165, 1.54) is 27.8 Å². The van der Waals surface area contributed by atoms with Crippen molar-refractivity contribution in [2.45, 2.75) is 76.0 Å². The molecule has 0 bridgehead atoms. The van der Waals surface area contributed by atoms with Gasteiger partial charge in [0.2, 0.25) is 0 Å². The number of hydrogen-bond acceptors (Lipinski definition) is 3. The molecule has 0 aliphatic carbocycles. The van der Waals surface area contributed by atoms with Crippen LogP contribution in [0.3, 0.4) is 0 Å². The summed E-state index contributed by atoms with van der Waals surface area (Å²) in [6.45, 7) is 7.95. The van der Waals surface area contributed by atoms with Crippen molar-refractivity contribution in [3.63, 3.8) is 0 Å². The summed E-state index contributed by atoms with van der Waals surface area (Å²) in [4.78, 5) is 0. The molecular weight excluding hydrogens is 544 g/mol. The van der Waals surface area contributed by atoms with Crippen molar-refractivity contribution in [2.24, 2.45) is 5.92 Å². The highest BCUT2D eigenvalue weighted by molar-refractivity contribution is 8.00. The van der Waals surface area contributed by atoms with E-state index in [9.17, 15) is 0 Å². The van der Waals surface area contributed by atoms with E-state index in [0.29, 0.717) is 24.4 Å². The largest absolute Gasteiger partial charge is 0.370 e. The fourth-order valence-corrected chi connectivity index (χ4v) is 7.64. The Kier molecular flexibility index (Phi) is 10.6.